The van der Waals surface area contributed by atoms with Gasteiger partial charge in [-0.2, -0.15) is 13.2 Å². The fourth-order valence-electron chi connectivity index (χ4n) is 2.53. The van der Waals surface area contributed by atoms with Crippen molar-refractivity contribution in [2.45, 2.75) is 19.1 Å². The van der Waals surface area contributed by atoms with Crippen LogP contribution in [0.5, 0.6) is 0 Å². The molecule has 114 valence electrons. The molecule has 1 unspecified atom stereocenters. The van der Waals surface area contributed by atoms with Gasteiger partial charge in [0.05, 0.1) is 21.8 Å². The van der Waals surface area contributed by atoms with Crippen LogP contribution in [-0.4, -0.2) is 36.1 Å². The van der Waals surface area contributed by atoms with Crippen LogP contribution in [0.25, 0.3) is 10.2 Å². The minimum Gasteiger partial charge on any atom is -0.314 e. The Morgan fingerprint density at radius 3 is 2.67 bits per heavy atom. The van der Waals surface area contributed by atoms with E-state index in [9.17, 15) is 13.2 Å². The number of nitrogens with one attached hydrogen (secondary N) is 1. The number of thiazole rings is 1. The summed E-state index contributed by atoms with van der Waals surface area (Å²) in [6.45, 7) is 5.81. The summed E-state index contributed by atoms with van der Waals surface area (Å²) >= 11 is 1.48. The Bertz CT molecular complexity index is 632. The molecule has 1 fully saturated rings. The van der Waals surface area contributed by atoms with E-state index in [0.29, 0.717) is 5.52 Å². The normalized spacial score (nSPS) is 19.0. The van der Waals surface area contributed by atoms with Gasteiger partial charge < -0.3 is 5.32 Å². The maximum Gasteiger partial charge on any atom is 0.416 e. The van der Waals surface area contributed by atoms with Crippen LogP contribution in [0.4, 0.5) is 13.2 Å². The minimum absolute atomic E-state index is 0.138. The molecule has 3 nitrogen and oxygen atoms in total. The summed E-state index contributed by atoms with van der Waals surface area (Å²) in [4.78, 5) is 6.72. The summed E-state index contributed by atoms with van der Waals surface area (Å²) in [5.41, 5.74) is -0.200. The van der Waals surface area contributed by atoms with Crippen LogP contribution in [0.3, 0.4) is 0 Å². The molecule has 3 rings (SSSR count). The van der Waals surface area contributed by atoms with Gasteiger partial charge in [0.25, 0.3) is 0 Å². The van der Waals surface area contributed by atoms with Crippen LogP contribution < -0.4 is 5.32 Å². The zero-order valence-corrected chi connectivity index (χ0v) is 12.4. The van der Waals surface area contributed by atoms with Gasteiger partial charge in [-0.3, -0.25) is 4.90 Å². The summed E-state index contributed by atoms with van der Waals surface area (Å²) in [6.07, 6.45) is -4.32. The molecule has 0 aliphatic carbocycles. The van der Waals surface area contributed by atoms with Crippen LogP contribution in [-0.2, 0) is 6.18 Å². The molecular formula is C14H16F3N3S. The first kappa shape index (κ1) is 14.7. The summed E-state index contributed by atoms with van der Waals surface area (Å²) in [6, 6.07) is 3.92. The molecule has 0 amide bonds. The highest BCUT2D eigenvalue weighted by Gasteiger charge is 2.31. The highest BCUT2D eigenvalue weighted by atomic mass is 32.1. The van der Waals surface area contributed by atoms with Gasteiger partial charge in [0, 0.05) is 26.2 Å². The van der Waals surface area contributed by atoms with Crippen molar-refractivity contribution in [1.29, 1.82) is 0 Å². The molecular weight excluding hydrogens is 299 g/mol. The zero-order chi connectivity index (χ0) is 15.0. The molecule has 1 aliphatic heterocycles. The molecule has 2 aromatic rings. The Hall–Kier alpha value is -1.18. The Labute approximate surface area is 124 Å². The third-order valence-corrected chi connectivity index (χ3v) is 4.99. The topological polar surface area (TPSA) is 28.2 Å². The van der Waals surface area contributed by atoms with Gasteiger partial charge in [-0.05, 0) is 25.1 Å². The van der Waals surface area contributed by atoms with E-state index in [1.807, 2.05) is 0 Å². The smallest absolute Gasteiger partial charge is 0.314 e. The molecule has 1 N–H and O–H groups in total. The second-order valence-corrected chi connectivity index (χ2v) is 6.26. The van der Waals surface area contributed by atoms with Crippen molar-refractivity contribution in [1.82, 2.24) is 15.2 Å². The number of piperazine rings is 1. The van der Waals surface area contributed by atoms with Crippen molar-refractivity contribution in [3.8, 4) is 0 Å². The number of benzene rings is 1. The Morgan fingerprint density at radius 1 is 1.29 bits per heavy atom. The molecule has 21 heavy (non-hydrogen) atoms. The SMILES string of the molecule is CC(c1nc2cc(C(F)(F)F)ccc2s1)N1CCNCC1. The lowest BCUT2D eigenvalue weighted by Crippen LogP contribution is -2.44. The standard InChI is InChI=1S/C14H16F3N3S/c1-9(20-6-4-18-5-7-20)13-19-11-8-10(14(15,16)17)2-3-12(11)21-13/h2-3,8-9,18H,4-7H2,1H3. The maximum atomic E-state index is 12.7. The van der Waals surface area contributed by atoms with Crippen molar-refractivity contribution in [2.75, 3.05) is 26.2 Å². The Kier molecular flexibility index (Phi) is 3.90. The second kappa shape index (κ2) is 5.55. The molecule has 1 aromatic heterocycles. The van der Waals surface area contributed by atoms with E-state index in [0.717, 1.165) is 48.0 Å². The number of hydrogen-bond donors (Lipinski definition) is 1. The average molecular weight is 315 g/mol. The number of hydrogen-bond acceptors (Lipinski definition) is 4. The van der Waals surface area contributed by atoms with E-state index in [2.05, 4.69) is 22.1 Å². The number of fused-ring (bicyclic) bond motifs is 1. The minimum atomic E-state index is -4.32. The Balaban J connectivity index is 1.89. The predicted octanol–water partition coefficient (Wildman–Crippen LogP) is 3.28. The molecule has 1 aliphatic rings. The summed E-state index contributed by atoms with van der Waals surface area (Å²) < 4.78 is 39.0. The molecule has 2 heterocycles. The van der Waals surface area contributed by atoms with Crippen molar-refractivity contribution in [3.05, 3.63) is 28.8 Å². The first-order chi connectivity index (χ1) is 9.95. The highest BCUT2D eigenvalue weighted by Crippen LogP contribution is 2.34. The van der Waals surface area contributed by atoms with E-state index >= 15 is 0 Å². The van der Waals surface area contributed by atoms with E-state index in [4.69, 9.17) is 0 Å². The summed E-state index contributed by atoms with van der Waals surface area (Å²) in [5.74, 6) is 0. The second-order valence-electron chi connectivity index (χ2n) is 5.19. The molecule has 0 bridgehead atoms. The molecule has 7 heteroatoms. The van der Waals surface area contributed by atoms with Crippen molar-refractivity contribution < 1.29 is 13.2 Å². The first-order valence-electron chi connectivity index (χ1n) is 6.87. The lowest BCUT2D eigenvalue weighted by molar-refractivity contribution is -0.137. The molecule has 1 aromatic carbocycles. The fraction of sp³-hybridized carbons (Fsp3) is 0.500. The van der Waals surface area contributed by atoms with Crippen molar-refractivity contribution >= 4 is 21.6 Å². The molecule has 0 saturated carbocycles. The number of halogens is 3. The van der Waals surface area contributed by atoms with Crippen LogP contribution in [0, 0.1) is 0 Å². The zero-order valence-electron chi connectivity index (χ0n) is 11.6. The highest BCUT2D eigenvalue weighted by molar-refractivity contribution is 7.18. The molecule has 1 saturated heterocycles. The lowest BCUT2D eigenvalue weighted by atomic mass is 10.2. The van der Waals surface area contributed by atoms with Crippen molar-refractivity contribution in [3.63, 3.8) is 0 Å². The van der Waals surface area contributed by atoms with E-state index < -0.39 is 11.7 Å². The van der Waals surface area contributed by atoms with Crippen LogP contribution >= 0.6 is 11.3 Å². The first-order valence-corrected chi connectivity index (χ1v) is 7.69. The van der Waals surface area contributed by atoms with Gasteiger partial charge in [0.1, 0.15) is 5.01 Å². The van der Waals surface area contributed by atoms with Gasteiger partial charge in [-0.15, -0.1) is 11.3 Å². The van der Waals surface area contributed by atoms with Gasteiger partial charge in [0.2, 0.25) is 0 Å². The van der Waals surface area contributed by atoms with Gasteiger partial charge in [0.15, 0.2) is 0 Å². The van der Waals surface area contributed by atoms with E-state index in [1.165, 1.54) is 17.4 Å². The van der Waals surface area contributed by atoms with Crippen LogP contribution in [0.15, 0.2) is 18.2 Å². The molecule has 1 atom stereocenters. The van der Waals surface area contributed by atoms with Crippen LogP contribution in [0.2, 0.25) is 0 Å². The van der Waals surface area contributed by atoms with Gasteiger partial charge >= 0.3 is 6.18 Å². The average Bonchev–Trinajstić information content (AvgIpc) is 2.89. The molecule has 0 spiro atoms. The third-order valence-electron chi connectivity index (χ3n) is 3.79. The monoisotopic (exact) mass is 315 g/mol. The Morgan fingerprint density at radius 2 is 2.00 bits per heavy atom. The lowest BCUT2D eigenvalue weighted by Gasteiger charge is -2.31. The van der Waals surface area contributed by atoms with Gasteiger partial charge in [-0.25, -0.2) is 4.98 Å². The number of alkyl halides is 3. The quantitative estimate of drug-likeness (QED) is 0.922. The van der Waals surface area contributed by atoms with E-state index in [-0.39, 0.29) is 6.04 Å². The van der Waals surface area contributed by atoms with Crippen molar-refractivity contribution in [2.24, 2.45) is 0 Å². The van der Waals surface area contributed by atoms with Crippen LogP contribution in [0.1, 0.15) is 23.5 Å². The van der Waals surface area contributed by atoms with Gasteiger partial charge in [-0.1, -0.05) is 0 Å². The summed E-state index contributed by atoms with van der Waals surface area (Å²) in [5, 5.41) is 4.17. The number of rotatable bonds is 2. The largest absolute Gasteiger partial charge is 0.416 e. The number of nitrogens with zero attached hydrogens (tertiary/aromatic N) is 2. The fourth-order valence-corrected chi connectivity index (χ4v) is 3.56. The predicted molar refractivity (Wildman–Crippen MR) is 77.5 cm³/mol. The third kappa shape index (κ3) is 3.04. The summed E-state index contributed by atoms with van der Waals surface area (Å²) in [7, 11) is 0. The van der Waals surface area contributed by atoms with E-state index in [1.54, 1.807) is 0 Å². The molecule has 0 radical (unpaired) electrons. The maximum absolute atomic E-state index is 12.7. The number of aromatic nitrogens is 1.